The van der Waals surface area contributed by atoms with Gasteiger partial charge >= 0.3 is 6.03 Å². The number of urea groups is 1. The highest BCUT2D eigenvalue weighted by Gasteiger charge is 2.40. The monoisotopic (exact) mass is 521 g/mol. The van der Waals surface area contributed by atoms with Gasteiger partial charge in [-0.2, -0.15) is 0 Å². The number of rotatable bonds is 2. The zero-order valence-electron chi connectivity index (χ0n) is 21.0. The standard InChI is InChI=1S/C27H32ClN7O2/c1-33-18-2-3-19(33)13-35(12-18)27(36)34-6-4-16-8-17(23-11-31-26-25(32-23)22(28)10-30-26)9-20(21(16)14-34)24-15-37-7-5-29-24/h8-11,18-19,24,29H,2-7,12-15H2,1H3,(H,30,31). The van der Waals surface area contributed by atoms with E-state index in [1.165, 1.54) is 29.5 Å². The van der Waals surface area contributed by atoms with Crippen LogP contribution in [-0.4, -0.2) is 94.2 Å². The molecule has 6 heterocycles. The van der Waals surface area contributed by atoms with Crippen LogP contribution >= 0.6 is 11.6 Å². The summed E-state index contributed by atoms with van der Waals surface area (Å²) in [6, 6.07) is 5.66. The Hall–Kier alpha value is -2.72. The number of hydrogen-bond acceptors (Lipinski definition) is 6. The summed E-state index contributed by atoms with van der Waals surface area (Å²) in [5.74, 6) is 0. The third kappa shape index (κ3) is 4.09. The molecule has 0 saturated carbocycles. The van der Waals surface area contributed by atoms with Crippen molar-refractivity contribution in [1.29, 1.82) is 0 Å². The van der Waals surface area contributed by atoms with Crippen LogP contribution in [0.4, 0.5) is 4.79 Å². The number of aromatic amines is 1. The van der Waals surface area contributed by atoms with Gasteiger partial charge in [0.05, 0.1) is 36.2 Å². The zero-order chi connectivity index (χ0) is 25.1. The predicted molar refractivity (Wildman–Crippen MR) is 142 cm³/mol. The number of likely N-dealkylation sites (tertiary alicyclic amines) is 1. The molecule has 4 aliphatic heterocycles. The number of morpholine rings is 1. The second-order valence-electron chi connectivity index (χ2n) is 10.8. The fraction of sp³-hybridized carbons (Fsp3) is 0.519. The molecule has 4 aliphatic rings. The first-order chi connectivity index (χ1) is 18.0. The van der Waals surface area contributed by atoms with Crippen molar-refractivity contribution in [3.05, 3.63) is 46.2 Å². The molecular weight excluding hydrogens is 490 g/mol. The second-order valence-corrected chi connectivity index (χ2v) is 11.2. The number of hydrogen-bond donors (Lipinski definition) is 2. The number of benzene rings is 1. The van der Waals surface area contributed by atoms with Gasteiger partial charge in [0.25, 0.3) is 0 Å². The van der Waals surface area contributed by atoms with E-state index < -0.39 is 0 Å². The van der Waals surface area contributed by atoms with Gasteiger partial charge in [-0.15, -0.1) is 0 Å². The highest BCUT2D eigenvalue weighted by molar-refractivity contribution is 6.34. The van der Waals surface area contributed by atoms with E-state index in [0.29, 0.717) is 48.0 Å². The van der Waals surface area contributed by atoms with Crippen LogP contribution in [0.25, 0.3) is 22.4 Å². The number of aromatic nitrogens is 3. The Morgan fingerprint density at radius 1 is 1.19 bits per heavy atom. The Balaban J connectivity index is 1.22. The van der Waals surface area contributed by atoms with Crippen molar-refractivity contribution in [3.63, 3.8) is 0 Å². The van der Waals surface area contributed by atoms with E-state index in [0.717, 1.165) is 43.9 Å². The minimum absolute atomic E-state index is 0.0736. The highest BCUT2D eigenvalue weighted by Crippen LogP contribution is 2.35. The third-order valence-electron chi connectivity index (χ3n) is 8.69. The lowest BCUT2D eigenvalue weighted by molar-refractivity contribution is 0.0750. The van der Waals surface area contributed by atoms with Crippen LogP contribution in [0.1, 0.15) is 35.6 Å². The smallest absolute Gasteiger partial charge is 0.320 e. The summed E-state index contributed by atoms with van der Waals surface area (Å²) >= 11 is 6.34. The molecule has 2 N–H and O–H groups in total. The van der Waals surface area contributed by atoms with Crippen LogP contribution in [0.15, 0.2) is 24.5 Å². The number of piperazine rings is 1. The van der Waals surface area contributed by atoms with Crippen molar-refractivity contribution in [3.8, 4) is 11.3 Å². The van der Waals surface area contributed by atoms with Gasteiger partial charge in [-0.05, 0) is 55.1 Å². The normalized spacial score (nSPS) is 26.1. The van der Waals surface area contributed by atoms with Crippen molar-refractivity contribution in [2.45, 2.75) is 43.9 Å². The minimum Gasteiger partial charge on any atom is -0.378 e. The molecule has 0 aliphatic carbocycles. The first-order valence-electron chi connectivity index (χ1n) is 13.3. The molecule has 2 amide bonds. The molecule has 2 bridgehead atoms. The van der Waals surface area contributed by atoms with E-state index in [4.69, 9.17) is 21.3 Å². The molecule has 10 heteroatoms. The Morgan fingerprint density at radius 2 is 2.03 bits per heavy atom. The van der Waals surface area contributed by atoms with Gasteiger partial charge in [0, 0.05) is 56.6 Å². The summed E-state index contributed by atoms with van der Waals surface area (Å²) in [5.41, 5.74) is 6.85. The largest absolute Gasteiger partial charge is 0.378 e. The number of carbonyl (C=O) groups excluding carboxylic acids is 1. The summed E-state index contributed by atoms with van der Waals surface area (Å²) in [6.45, 7) is 5.14. The molecular formula is C27H32ClN7O2. The molecule has 194 valence electrons. The maximum Gasteiger partial charge on any atom is 0.320 e. The van der Waals surface area contributed by atoms with Gasteiger partial charge in [-0.1, -0.05) is 11.6 Å². The summed E-state index contributed by atoms with van der Waals surface area (Å²) in [4.78, 5) is 32.7. The van der Waals surface area contributed by atoms with Gasteiger partial charge in [0.2, 0.25) is 0 Å². The van der Waals surface area contributed by atoms with Crippen LogP contribution in [0.3, 0.4) is 0 Å². The Labute approximate surface area is 221 Å². The maximum absolute atomic E-state index is 13.7. The van der Waals surface area contributed by atoms with Crippen LogP contribution in [-0.2, 0) is 17.7 Å². The molecule has 9 nitrogen and oxygen atoms in total. The fourth-order valence-corrected chi connectivity index (χ4v) is 6.74. The zero-order valence-corrected chi connectivity index (χ0v) is 21.8. The Bertz CT molecular complexity index is 1340. The van der Waals surface area contributed by atoms with Gasteiger partial charge < -0.3 is 24.8 Å². The predicted octanol–water partition coefficient (Wildman–Crippen LogP) is 3.20. The lowest BCUT2D eigenvalue weighted by Gasteiger charge is -2.42. The maximum atomic E-state index is 13.7. The van der Waals surface area contributed by atoms with Crippen LogP contribution in [0.5, 0.6) is 0 Å². The van der Waals surface area contributed by atoms with Crippen LogP contribution < -0.4 is 5.32 Å². The molecule has 37 heavy (non-hydrogen) atoms. The van der Waals surface area contributed by atoms with E-state index in [1.54, 1.807) is 12.4 Å². The molecule has 2 aromatic heterocycles. The summed E-state index contributed by atoms with van der Waals surface area (Å²) in [6.07, 6.45) is 6.71. The first kappa shape index (κ1) is 23.4. The summed E-state index contributed by atoms with van der Waals surface area (Å²) in [7, 11) is 2.20. The molecule has 3 atom stereocenters. The molecule has 3 aromatic rings. The van der Waals surface area contributed by atoms with E-state index >= 15 is 0 Å². The number of ether oxygens (including phenoxy) is 1. The quantitative estimate of drug-likeness (QED) is 0.538. The van der Waals surface area contributed by atoms with E-state index in [2.05, 4.69) is 44.3 Å². The summed E-state index contributed by atoms with van der Waals surface area (Å²) < 4.78 is 5.84. The third-order valence-corrected chi connectivity index (χ3v) is 8.98. The lowest BCUT2D eigenvalue weighted by atomic mass is 9.88. The number of likely N-dealkylation sites (N-methyl/N-ethyl adjacent to an activating group) is 1. The second kappa shape index (κ2) is 9.23. The molecule has 3 unspecified atom stereocenters. The topological polar surface area (TPSA) is 89.6 Å². The number of nitrogens with zero attached hydrogens (tertiary/aromatic N) is 5. The lowest BCUT2D eigenvalue weighted by Crippen LogP contribution is -2.57. The van der Waals surface area contributed by atoms with Crippen LogP contribution in [0.2, 0.25) is 5.02 Å². The van der Waals surface area contributed by atoms with Crippen LogP contribution in [0, 0.1) is 0 Å². The number of carbonyl (C=O) groups is 1. The molecule has 0 radical (unpaired) electrons. The van der Waals surface area contributed by atoms with E-state index in [1.807, 2.05) is 4.90 Å². The Morgan fingerprint density at radius 3 is 2.81 bits per heavy atom. The number of amides is 2. The highest BCUT2D eigenvalue weighted by atomic mass is 35.5. The van der Waals surface area contributed by atoms with E-state index in [9.17, 15) is 4.79 Å². The van der Waals surface area contributed by atoms with E-state index in [-0.39, 0.29) is 12.1 Å². The van der Waals surface area contributed by atoms with Crippen molar-refractivity contribution in [2.24, 2.45) is 0 Å². The van der Waals surface area contributed by atoms with Gasteiger partial charge in [0.15, 0.2) is 5.65 Å². The molecule has 3 saturated heterocycles. The van der Waals surface area contributed by atoms with Gasteiger partial charge in [0.1, 0.15) is 5.52 Å². The van der Waals surface area contributed by atoms with Gasteiger partial charge in [-0.25, -0.2) is 14.8 Å². The Kier molecular flexibility index (Phi) is 5.84. The average molecular weight is 522 g/mol. The molecule has 0 spiro atoms. The van der Waals surface area contributed by atoms with Crippen molar-refractivity contribution in [2.75, 3.05) is 46.4 Å². The SMILES string of the molecule is CN1C2CCC1CN(C(=O)N1CCc3cc(-c4cnc5[nH]cc(Cl)c5n4)cc(C4COCCN4)c3C1)C2. The van der Waals surface area contributed by atoms with Gasteiger partial charge in [-0.3, -0.25) is 4.90 Å². The average Bonchev–Trinajstić information content (AvgIpc) is 3.38. The number of nitrogens with one attached hydrogen (secondary N) is 2. The number of fused-ring (bicyclic) bond motifs is 4. The molecule has 7 rings (SSSR count). The first-order valence-corrected chi connectivity index (χ1v) is 13.7. The molecule has 3 fully saturated rings. The minimum atomic E-state index is 0.0736. The van der Waals surface area contributed by atoms with Crippen molar-refractivity contribution < 1.29 is 9.53 Å². The number of H-pyrrole nitrogens is 1. The fourth-order valence-electron chi connectivity index (χ4n) is 6.56. The summed E-state index contributed by atoms with van der Waals surface area (Å²) in [5, 5.41) is 4.19. The van der Waals surface area contributed by atoms with Crippen molar-refractivity contribution >= 4 is 28.8 Å². The number of halogens is 1. The molecule has 1 aromatic carbocycles. The van der Waals surface area contributed by atoms with Crippen molar-refractivity contribution in [1.82, 2.24) is 35.0 Å².